The Bertz CT molecular complexity index is 273. The van der Waals surface area contributed by atoms with E-state index in [4.69, 9.17) is 0 Å². The lowest BCUT2D eigenvalue weighted by Gasteiger charge is -2.35. The monoisotopic (exact) mass is 241 g/mol. The van der Waals surface area contributed by atoms with Crippen LogP contribution in [0.2, 0.25) is 0 Å². The molecule has 0 aromatic carbocycles. The highest BCUT2D eigenvalue weighted by Gasteiger charge is 2.37. The second-order valence-corrected chi connectivity index (χ2v) is 4.52. The van der Waals surface area contributed by atoms with E-state index in [0.29, 0.717) is 6.54 Å². The fourth-order valence-electron chi connectivity index (χ4n) is 2.25. The molecule has 1 aliphatic heterocycles. The summed E-state index contributed by atoms with van der Waals surface area (Å²) < 4.78 is 0. The van der Waals surface area contributed by atoms with Gasteiger partial charge in [-0.05, 0) is 39.3 Å². The molecule has 2 amide bonds. The van der Waals surface area contributed by atoms with E-state index in [1.54, 1.807) is 0 Å². The molecule has 1 aliphatic rings. The molecular weight excluding hydrogens is 218 g/mol. The molecular formula is C12H23N3O2. The second-order valence-electron chi connectivity index (χ2n) is 4.52. The highest BCUT2D eigenvalue weighted by molar-refractivity contribution is 5.87. The van der Waals surface area contributed by atoms with Crippen LogP contribution in [0.3, 0.4) is 0 Å². The van der Waals surface area contributed by atoms with Crippen molar-refractivity contribution in [1.29, 1.82) is 0 Å². The Morgan fingerprint density at radius 1 is 1.18 bits per heavy atom. The Labute approximate surface area is 103 Å². The van der Waals surface area contributed by atoms with Crippen molar-refractivity contribution in [3.63, 3.8) is 0 Å². The van der Waals surface area contributed by atoms with Crippen LogP contribution in [0.15, 0.2) is 0 Å². The average Bonchev–Trinajstić information content (AvgIpc) is 2.37. The molecule has 1 rings (SSSR count). The molecule has 0 aromatic rings. The minimum atomic E-state index is -0.280. The molecule has 17 heavy (non-hydrogen) atoms. The summed E-state index contributed by atoms with van der Waals surface area (Å²) in [5.41, 5.74) is -0.280. The summed E-state index contributed by atoms with van der Waals surface area (Å²) in [6.07, 6.45) is 2.53. The van der Waals surface area contributed by atoms with Gasteiger partial charge in [-0.3, -0.25) is 9.59 Å². The summed E-state index contributed by atoms with van der Waals surface area (Å²) in [6, 6.07) is 0. The maximum atomic E-state index is 12.1. The largest absolute Gasteiger partial charge is 0.355 e. The Morgan fingerprint density at radius 3 is 2.35 bits per heavy atom. The first kappa shape index (κ1) is 14.0. The second kappa shape index (κ2) is 6.59. The number of hydrogen-bond acceptors (Lipinski definition) is 3. The van der Waals surface area contributed by atoms with Crippen LogP contribution in [-0.4, -0.2) is 38.0 Å². The van der Waals surface area contributed by atoms with Gasteiger partial charge in [0.1, 0.15) is 0 Å². The van der Waals surface area contributed by atoms with Crippen molar-refractivity contribution in [2.45, 2.75) is 33.1 Å². The number of piperidine rings is 1. The van der Waals surface area contributed by atoms with E-state index in [1.807, 2.05) is 13.8 Å². The third-order valence-corrected chi connectivity index (χ3v) is 3.50. The summed E-state index contributed by atoms with van der Waals surface area (Å²) >= 11 is 0. The van der Waals surface area contributed by atoms with Gasteiger partial charge in [-0.15, -0.1) is 0 Å². The molecule has 1 fully saturated rings. The van der Waals surface area contributed by atoms with E-state index < -0.39 is 0 Å². The van der Waals surface area contributed by atoms with Crippen molar-refractivity contribution in [3.8, 4) is 0 Å². The van der Waals surface area contributed by atoms with Gasteiger partial charge < -0.3 is 16.0 Å². The van der Waals surface area contributed by atoms with Crippen molar-refractivity contribution >= 4 is 11.8 Å². The maximum Gasteiger partial charge on any atom is 0.239 e. The van der Waals surface area contributed by atoms with E-state index in [-0.39, 0.29) is 23.8 Å². The molecule has 1 heterocycles. The van der Waals surface area contributed by atoms with Gasteiger partial charge in [-0.1, -0.05) is 6.92 Å². The highest BCUT2D eigenvalue weighted by Crippen LogP contribution is 2.32. The summed E-state index contributed by atoms with van der Waals surface area (Å²) in [7, 11) is 0. The molecule has 0 atom stereocenters. The van der Waals surface area contributed by atoms with Gasteiger partial charge in [0.2, 0.25) is 11.8 Å². The van der Waals surface area contributed by atoms with Crippen molar-refractivity contribution < 1.29 is 9.59 Å². The topological polar surface area (TPSA) is 70.2 Å². The highest BCUT2D eigenvalue weighted by atomic mass is 16.2. The van der Waals surface area contributed by atoms with Crippen LogP contribution in [0.5, 0.6) is 0 Å². The number of rotatable bonds is 5. The van der Waals surface area contributed by atoms with Crippen LogP contribution >= 0.6 is 0 Å². The van der Waals surface area contributed by atoms with E-state index in [9.17, 15) is 9.59 Å². The Hall–Kier alpha value is -1.10. The molecule has 0 saturated carbocycles. The molecule has 3 N–H and O–H groups in total. The number of hydrogen-bond donors (Lipinski definition) is 3. The molecule has 5 nitrogen and oxygen atoms in total. The molecule has 0 aliphatic carbocycles. The summed E-state index contributed by atoms with van der Waals surface area (Å²) in [5.74, 6) is -0.103. The Kier molecular flexibility index (Phi) is 5.41. The average molecular weight is 241 g/mol. The van der Waals surface area contributed by atoms with Gasteiger partial charge >= 0.3 is 0 Å². The summed E-state index contributed by atoms with van der Waals surface area (Å²) in [4.78, 5) is 23.4. The lowest BCUT2D eigenvalue weighted by atomic mass is 9.76. The third kappa shape index (κ3) is 3.70. The maximum absolute atomic E-state index is 12.1. The van der Waals surface area contributed by atoms with Crippen LogP contribution in [0.4, 0.5) is 0 Å². The first-order valence-corrected chi connectivity index (χ1v) is 6.40. The van der Waals surface area contributed by atoms with Gasteiger partial charge in [0.15, 0.2) is 0 Å². The van der Waals surface area contributed by atoms with E-state index in [1.165, 1.54) is 0 Å². The molecule has 0 bridgehead atoms. The van der Waals surface area contributed by atoms with Crippen LogP contribution in [0.1, 0.15) is 33.1 Å². The van der Waals surface area contributed by atoms with Crippen LogP contribution < -0.4 is 16.0 Å². The minimum absolute atomic E-state index is 0.0211. The molecule has 0 spiro atoms. The zero-order chi connectivity index (χ0) is 12.7. The zero-order valence-corrected chi connectivity index (χ0v) is 10.8. The van der Waals surface area contributed by atoms with Crippen molar-refractivity contribution in [2.24, 2.45) is 5.41 Å². The fourth-order valence-corrected chi connectivity index (χ4v) is 2.25. The van der Waals surface area contributed by atoms with Gasteiger partial charge in [-0.25, -0.2) is 0 Å². The molecule has 0 unspecified atom stereocenters. The quantitative estimate of drug-likeness (QED) is 0.635. The van der Waals surface area contributed by atoms with E-state index >= 15 is 0 Å². The van der Waals surface area contributed by atoms with E-state index in [2.05, 4.69) is 16.0 Å². The van der Waals surface area contributed by atoms with Gasteiger partial charge in [0.05, 0.1) is 12.0 Å². The lowest BCUT2D eigenvalue weighted by Crippen LogP contribution is -2.49. The number of likely N-dealkylation sites (N-methyl/N-ethyl adjacent to an activating group) is 1. The molecule has 0 radical (unpaired) electrons. The normalized spacial score (nSPS) is 18.5. The SMILES string of the molecule is CCNC(=O)CNC(=O)C1(CC)CCNCC1. The summed E-state index contributed by atoms with van der Waals surface area (Å²) in [6.45, 7) is 6.33. The third-order valence-electron chi connectivity index (χ3n) is 3.50. The number of carbonyl (C=O) groups is 2. The van der Waals surface area contributed by atoms with Crippen LogP contribution in [0, 0.1) is 5.41 Å². The lowest BCUT2D eigenvalue weighted by molar-refractivity contribution is -0.134. The molecule has 98 valence electrons. The Morgan fingerprint density at radius 2 is 1.82 bits per heavy atom. The number of nitrogens with one attached hydrogen (secondary N) is 3. The zero-order valence-electron chi connectivity index (χ0n) is 10.8. The first-order valence-electron chi connectivity index (χ1n) is 6.40. The standard InChI is InChI=1S/C12H23N3O2/c1-3-12(5-7-13-8-6-12)11(17)15-9-10(16)14-4-2/h13H,3-9H2,1-2H3,(H,14,16)(H,15,17). The van der Waals surface area contributed by atoms with Crippen LogP contribution in [0.25, 0.3) is 0 Å². The number of carbonyl (C=O) groups excluding carboxylic acids is 2. The molecule has 5 heteroatoms. The summed E-state index contributed by atoms with van der Waals surface area (Å²) in [5, 5.41) is 8.67. The van der Waals surface area contributed by atoms with Crippen molar-refractivity contribution in [1.82, 2.24) is 16.0 Å². The van der Waals surface area contributed by atoms with Gasteiger partial charge in [0.25, 0.3) is 0 Å². The van der Waals surface area contributed by atoms with Gasteiger partial charge in [-0.2, -0.15) is 0 Å². The first-order chi connectivity index (χ1) is 8.14. The van der Waals surface area contributed by atoms with Crippen LogP contribution in [-0.2, 0) is 9.59 Å². The Balaban J connectivity index is 2.46. The minimum Gasteiger partial charge on any atom is -0.355 e. The molecule has 1 saturated heterocycles. The van der Waals surface area contributed by atoms with Crippen molar-refractivity contribution in [2.75, 3.05) is 26.2 Å². The fraction of sp³-hybridized carbons (Fsp3) is 0.833. The van der Waals surface area contributed by atoms with Crippen molar-refractivity contribution in [3.05, 3.63) is 0 Å². The predicted octanol–water partition coefficient (Wildman–Crippen LogP) is 0.0185. The number of amides is 2. The van der Waals surface area contributed by atoms with E-state index in [0.717, 1.165) is 32.4 Å². The predicted molar refractivity (Wildman–Crippen MR) is 66.5 cm³/mol. The smallest absolute Gasteiger partial charge is 0.239 e. The van der Waals surface area contributed by atoms with Gasteiger partial charge in [0, 0.05) is 6.54 Å². The molecule has 0 aromatic heterocycles.